The molecule has 0 bridgehead atoms. The number of nitrogens with zero attached hydrogens (tertiary/aromatic N) is 3. The third kappa shape index (κ3) is 3.59. The number of carbonyl (C=O) groups excluding carboxylic acids is 2. The minimum absolute atomic E-state index is 0.0384. The summed E-state index contributed by atoms with van der Waals surface area (Å²) in [6.07, 6.45) is 2.12. The summed E-state index contributed by atoms with van der Waals surface area (Å²) in [5, 5.41) is 2.87. The number of amides is 1. The summed E-state index contributed by atoms with van der Waals surface area (Å²) in [6.45, 7) is 5.19. The van der Waals surface area contributed by atoms with Crippen molar-refractivity contribution in [1.29, 1.82) is 0 Å². The van der Waals surface area contributed by atoms with Gasteiger partial charge in [0.2, 0.25) is 5.91 Å². The zero-order valence-corrected chi connectivity index (χ0v) is 15.4. The third-order valence-electron chi connectivity index (χ3n) is 4.65. The van der Waals surface area contributed by atoms with Gasteiger partial charge in [-0.15, -0.1) is 0 Å². The van der Waals surface area contributed by atoms with E-state index in [2.05, 4.69) is 31.6 Å². The van der Waals surface area contributed by atoms with Gasteiger partial charge in [-0.1, -0.05) is 0 Å². The highest BCUT2D eigenvalue weighted by molar-refractivity contribution is 7.97. The van der Waals surface area contributed by atoms with Crippen molar-refractivity contribution < 1.29 is 9.59 Å². The molecule has 2 aliphatic rings. The predicted molar refractivity (Wildman–Crippen MR) is 103 cm³/mol. The minimum Gasteiger partial charge on any atom is -0.354 e. The highest BCUT2D eigenvalue weighted by Gasteiger charge is 2.21. The third-order valence-corrected chi connectivity index (χ3v) is 5.74. The molecular weight excluding hydrogens is 348 g/mol. The lowest BCUT2D eigenvalue weighted by Crippen LogP contribution is -2.43. The van der Waals surface area contributed by atoms with Crippen molar-refractivity contribution in [1.82, 2.24) is 9.29 Å². The number of pyridine rings is 1. The normalized spacial score (nSPS) is 17.1. The van der Waals surface area contributed by atoms with Crippen LogP contribution in [-0.2, 0) is 11.2 Å². The van der Waals surface area contributed by atoms with Crippen LogP contribution in [0, 0.1) is 0 Å². The van der Waals surface area contributed by atoms with Crippen LogP contribution in [-0.4, -0.2) is 47.2 Å². The molecule has 0 radical (unpaired) electrons. The Balaban J connectivity index is 1.34. The second kappa shape index (κ2) is 7.09. The zero-order valence-electron chi connectivity index (χ0n) is 14.6. The van der Waals surface area contributed by atoms with Crippen LogP contribution in [0.5, 0.6) is 0 Å². The average molecular weight is 368 g/mol. The maximum atomic E-state index is 11.5. The van der Waals surface area contributed by atoms with Crippen molar-refractivity contribution in [2.75, 3.05) is 36.4 Å². The number of hydrogen-bond donors (Lipinski definition) is 1. The van der Waals surface area contributed by atoms with Gasteiger partial charge < -0.3 is 10.2 Å². The SMILES string of the molecule is CC(=O)c1ccc(N2CCN(Sc3ccc4c(c3)CC(=O)N4)CC2)nc1. The highest BCUT2D eigenvalue weighted by atomic mass is 32.2. The van der Waals surface area contributed by atoms with Crippen LogP contribution in [0.4, 0.5) is 11.5 Å². The molecule has 1 aromatic carbocycles. The second-order valence-corrected chi connectivity index (χ2v) is 7.68. The summed E-state index contributed by atoms with van der Waals surface area (Å²) >= 11 is 1.74. The average Bonchev–Trinajstić information content (AvgIpc) is 3.02. The van der Waals surface area contributed by atoms with Crippen LogP contribution in [0.1, 0.15) is 22.8 Å². The van der Waals surface area contributed by atoms with Crippen molar-refractivity contribution >= 4 is 35.1 Å². The van der Waals surface area contributed by atoms with Crippen LogP contribution in [0.2, 0.25) is 0 Å². The van der Waals surface area contributed by atoms with Gasteiger partial charge in [-0.05, 0) is 54.8 Å². The molecule has 1 fully saturated rings. The number of fused-ring (bicyclic) bond motifs is 1. The molecule has 0 atom stereocenters. The highest BCUT2D eigenvalue weighted by Crippen LogP contribution is 2.31. The van der Waals surface area contributed by atoms with Gasteiger partial charge in [-0.2, -0.15) is 0 Å². The van der Waals surface area contributed by atoms with Crippen molar-refractivity contribution in [3.05, 3.63) is 47.7 Å². The van der Waals surface area contributed by atoms with Gasteiger partial charge >= 0.3 is 0 Å². The Hall–Kier alpha value is -2.38. The Bertz CT molecular complexity index is 845. The molecule has 6 nitrogen and oxygen atoms in total. The van der Waals surface area contributed by atoms with Crippen LogP contribution in [0.3, 0.4) is 0 Å². The quantitative estimate of drug-likeness (QED) is 0.661. The first-order valence-electron chi connectivity index (χ1n) is 8.66. The number of hydrogen-bond acceptors (Lipinski definition) is 6. The first kappa shape index (κ1) is 17.1. The smallest absolute Gasteiger partial charge is 0.228 e. The van der Waals surface area contributed by atoms with Crippen LogP contribution in [0.25, 0.3) is 0 Å². The molecule has 1 amide bonds. The number of aromatic nitrogens is 1. The molecule has 0 unspecified atom stereocenters. The lowest BCUT2D eigenvalue weighted by atomic mass is 10.2. The van der Waals surface area contributed by atoms with Crippen molar-refractivity contribution in [2.45, 2.75) is 18.2 Å². The molecule has 26 heavy (non-hydrogen) atoms. The summed E-state index contributed by atoms with van der Waals surface area (Å²) < 4.78 is 2.34. The Kier molecular flexibility index (Phi) is 4.65. The topological polar surface area (TPSA) is 65.5 Å². The van der Waals surface area contributed by atoms with Crippen LogP contribution >= 0.6 is 11.9 Å². The number of ketones is 1. The van der Waals surface area contributed by atoms with Gasteiger partial charge in [0.25, 0.3) is 0 Å². The molecule has 1 saturated heterocycles. The Labute approximate surface area is 156 Å². The second-order valence-electron chi connectivity index (χ2n) is 6.51. The van der Waals surface area contributed by atoms with E-state index in [1.165, 1.54) is 0 Å². The van der Waals surface area contributed by atoms with E-state index >= 15 is 0 Å². The fourth-order valence-electron chi connectivity index (χ4n) is 3.20. The first-order valence-corrected chi connectivity index (χ1v) is 9.43. The van der Waals surface area contributed by atoms with E-state index in [0.29, 0.717) is 12.0 Å². The summed E-state index contributed by atoms with van der Waals surface area (Å²) in [4.78, 5) is 30.7. The number of Topliss-reactive ketones (excluding diaryl/α,β-unsaturated/α-hetero) is 1. The van der Waals surface area contributed by atoms with Gasteiger partial charge in [-0.25, -0.2) is 9.29 Å². The fourth-order valence-corrected chi connectivity index (χ4v) is 4.17. The van der Waals surface area contributed by atoms with E-state index in [0.717, 1.165) is 48.1 Å². The number of anilines is 2. The molecule has 0 saturated carbocycles. The lowest BCUT2D eigenvalue weighted by molar-refractivity contribution is -0.115. The Morgan fingerprint density at radius 1 is 1.15 bits per heavy atom. The molecule has 2 aromatic rings. The number of benzene rings is 1. The van der Waals surface area contributed by atoms with Gasteiger partial charge in [0, 0.05) is 48.5 Å². The van der Waals surface area contributed by atoms with Crippen molar-refractivity contribution in [2.24, 2.45) is 0 Å². The molecule has 4 rings (SSSR count). The van der Waals surface area contributed by atoms with Gasteiger partial charge in [0.1, 0.15) is 5.82 Å². The molecule has 0 spiro atoms. The lowest BCUT2D eigenvalue weighted by Gasteiger charge is -2.34. The molecule has 3 heterocycles. The monoisotopic (exact) mass is 368 g/mol. The summed E-state index contributed by atoms with van der Waals surface area (Å²) in [5.41, 5.74) is 2.66. The molecule has 7 heteroatoms. The predicted octanol–water partition coefficient (Wildman–Crippen LogP) is 2.61. The Morgan fingerprint density at radius 2 is 1.96 bits per heavy atom. The van der Waals surface area contributed by atoms with E-state index in [9.17, 15) is 9.59 Å². The van der Waals surface area contributed by atoms with E-state index in [1.807, 2.05) is 18.2 Å². The van der Waals surface area contributed by atoms with Gasteiger partial charge in [0.05, 0.1) is 6.42 Å². The largest absolute Gasteiger partial charge is 0.354 e. The molecular formula is C19H20N4O2S. The van der Waals surface area contributed by atoms with Crippen LogP contribution < -0.4 is 10.2 Å². The molecule has 134 valence electrons. The number of piperazine rings is 1. The fraction of sp³-hybridized carbons (Fsp3) is 0.316. The Morgan fingerprint density at radius 3 is 2.65 bits per heavy atom. The summed E-state index contributed by atoms with van der Waals surface area (Å²) in [6, 6.07) is 9.91. The standard InChI is InChI=1S/C19H20N4O2S/c1-13(24)14-2-5-18(20-12-14)22-6-8-23(9-7-22)26-16-3-4-17-15(10-16)11-19(25)21-17/h2-5,10,12H,6-9,11H2,1H3,(H,21,25). The van der Waals surface area contributed by atoms with Crippen LogP contribution in [0.15, 0.2) is 41.4 Å². The number of carbonyl (C=O) groups is 2. The molecule has 2 aliphatic heterocycles. The van der Waals surface area contributed by atoms with E-state index < -0.39 is 0 Å². The van der Waals surface area contributed by atoms with E-state index in [1.54, 1.807) is 25.1 Å². The zero-order chi connectivity index (χ0) is 18.1. The van der Waals surface area contributed by atoms with E-state index in [4.69, 9.17) is 0 Å². The maximum Gasteiger partial charge on any atom is 0.228 e. The van der Waals surface area contributed by atoms with Gasteiger partial charge in [0.15, 0.2) is 5.78 Å². The minimum atomic E-state index is 0.0384. The van der Waals surface area contributed by atoms with Gasteiger partial charge in [-0.3, -0.25) is 9.59 Å². The van der Waals surface area contributed by atoms with Crippen molar-refractivity contribution in [3.63, 3.8) is 0 Å². The van der Waals surface area contributed by atoms with Crippen molar-refractivity contribution in [3.8, 4) is 0 Å². The number of rotatable bonds is 4. The molecule has 0 aliphatic carbocycles. The first-order chi connectivity index (χ1) is 12.6. The summed E-state index contributed by atoms with van der Waals surface area (Å²) in [5.74, 6) is 1.03. The molecule has 1 aromatic heterocycles. The number of nitrogens with one attached hydrogen (secondary N) is 1. The summed E-state index contributed by atoms with van der Waals surface area (Å²) in [7, 11) is 0. The maximum absolute atomic E-state index is 11.5. The molecule has 1 N–H and O–H groups in total. The van der Waals surface area contributed by atoms with E-state index in [-0.39, 0.29) is 11.7 Å².